The van der Waals surface area contributed by atoms with Gasteiger partial charge in [-0.2, -0.15) is 13.2 Å². The molecule has 0 bridgehead atoms. The number of amides is 1. The van der Waals surface area contributed by atoms with Crippen LogP contribution >= 0.6 is 23.4 Å². The average molecular weight is 421 g/mol. The van der Waals surface area contributed by atoms with Crippen LogP contribution in [-0.4, -0.2) is 62.5 Å². The number of rotatable bonds is 4. The summed E-state index contributed by atoms with van der Waals surface area (Å²) in [6.45, 7) is 1.77. The van der Waals surface area contributed by atoms with E-state index < -0.39 is 11.7 Å². The van der Waals surface area contributed by atoms with Crippen LogP contribution in [0, 0.1) is 0 Å². The molecule has 0 aliphatic carbocycles. The van der Waals surface area contributed by atoms with Crippen LogP contribution < -0.4 is 4.90 Å². The highest BCUT2D eigenvalue weighted by molar-refractivity contribution is 7.99. The molecule has 0 aromatic carbocycles. The first-order valence-electron chi connectivity index (χ1n) is 7.98. The van der Waals surface area contributed by atoms with Crippen LogP contribution in [0.1, 0.15) is 5.56 Å². The molecule has 1 amide bonds. The molecule has 1 aliphatic heterocycles. The van der Waals surface area contributed by atoms with Gasteiger partial charge in [-0.3, -0.25) is 4.79 Å². The molecule has 3 rings (SSSR count). The Bertz CT molecular complexity index is 822. The molecule has 0 spiro atoms. The van der Waals surface area contributed by atoms with Gasteiger partial charge in [-0.15, -0.1) is 10.2 Å². The first-order chi connectivity index (χ1) is 12.8. The number of halogens is 4. The molecule has 1 aliphatic rings. The fourth-order valence-corrected chi connectivity index (χ4v) is 3.68. The third kappa shape index (κ3) is 4.64. The van der Waals surface area contributed by atoms with E-state index in [0.717, 1.165) is 12.3 Å². The van der Waals surface area contributed by atoms with Crippen LogP contribution in [0.15, 0.2) is 23.7 Å². The van der Waals surface area contributed by atoms with Gasteiger partial charge in [-0.1, -0.05) is 23.4 Å². The second-order valence-electron chi connectivity index (χ2n) is 5.91. The van der Waals surface area contributed by atoms with Gasteiger partial charge in [0.1, 0.15) is 12.1 Å². The molecule has 2 aromatic heterocycles. The minimum absolute atomic E-state index is 0.0332. The molecule has 0 unspecified atom stereocenters. The minimum atomic E-state index is -4.49. The van der Waals surface area contributed by atoms with E-state index in [1.165, 1.54) is 11.8 Å². The fourth-order valence-electron chi connectivity index (χ4n) is 2.61. The molecule has 3 heterocycles. The molecular weight excluding hydrogens is 405 g/mol. The predicted octanol–water partition coefficient (Wildman–Crippen LogP) is 2.32. The number of alkyl halides is 3. The summed E-state index contributed by atoms with van der Waals surface area (Å²) in [5.41, 5.74) is -0.883. The summed E-state index contributed by atoms with van der Waals surface area (Å²) in [4.78, 5) is 19.7. The van der Waals surface area contributed by atoms with Crippen molar-refractivity contribution in [2.45, 2.75) is 11.3 Å². The monoisotopic (exact) mass is 420 g/mol. The van der Waals surface area contributed by atoms with E-state index in [1.54, 1.807) is 27.7 Å². The Morgan fingerprint density at radius 3 is 2.56 bits per heavy atom. The van der Waals surface area contributed by atoms with Crippen LogP contribution in [-0.2, 0) is 18.0 Å². The molecule has 12 heteroatoms. The summed E-state index contributed by atoms with van der Waals surface area (Å²) in [6.07, 6.45) is -2.15. The van der Waals surface area contributed by atoms with Gasteiger partial charge in [0.05, 0.1) is 16.3 Å². The molecule has 146 valence electrons. The summed E-state index contributed by atoms with van der Waals surface area (Å²) in [5.74, 6) is 0.505. The number of aromatic nitrogens is 4. The van der Waals surface area contributed by atoms with E-state index in [1.807, 2.05) is 0 Å². The van der Waals surface area contributed by atoms with Crippen molar-refractivity contribution in [3.05, 3.63) is 29.2 Å². The Hall–Kier alpha value is -2.01. The van der Waals surface area contributed by atoms with Crippen LogP contribution in [0.2, 0.25) is 5.02 Å². The Morgan fingerprint density at radius 1 is 1.30 bits per heavy atom. The lowest BCUT2D eigenvalue weighted by Gasteiger charge is -2.35. The molecule has 0 N–H and O–H groups in total. The molecular formula is C15H16ClF3N6OS. The zero-order chi connectivity index (χ0) is 19.6. The van der Waals surface area contributed by atoms with Crippen molar-refractivity contribution in [2.75, 3.05) is 36.8 Å². The zero-order valence-corrected chi connectivity index (χ0v) is 15.9. The molecule has 0 radical (unpaired) electrons. The Kier molecular flexibility index (Phi) is 5.80. The quantitative estimate of drug-likeness (QED) is 0.707. The number of aryl methyl sites for hydroxylation is 1. The number of piperazine rings is 1. The number of anilines is 1. The van der Waals surface area contributed by atoms with Gasteiger partial charge in [0, 0.05) is 39.4 Å². The maximum atomic E-state index is 12.7. The first kappa shape index (κ1) is 19.7. The second-order valence-corrected chi connectivity index (χ2v) is 7.26. The van der Waals surface area contributed by atoms with Gasteiger partial charge in [-0.25, -0.2) is 4.98 Å². The maximum Gasteiger partial charge on any atom is 0.417 e. The number of nitrogens with zero attached hydrogens (tertiary/aromatic N) is 6. The number of hydrogen-bond donors (Lipinski definition) is 0. The molecule has 1 fully saturated rings. The van der Waals surface area contributed by atoms with Crippen molar-refractivity contribution in [1.29, 1.82) is 0 Å². The van der Waals surface area contributed by atoms with Crippen molar-refractivity contribution in [3.8, 4) is 0 Å². The van der Waals surface area contributed by atoms with Gasteiger partial charge in [-0.05, 0) is 6.07 Å². The molecule has 7 nitrogen and oxygen atoms in total. The molecule has 27 heavy (non-hydrogen) atoms. The molecule has 1 saturated heterocycles. The van der Waals surface area contributed by atoms with Crippen molar-refractivity contribution >= 4 is 35.1 Å². The number of thioether (sulfide) groups is 1. The van der Waals surface area contributed by atoms with Gasteiger partial charge in [0.25, 0.3) is 0 Å². The minimum Gasteiger partial charge on any atom is -0.352 e. The fraction of sp³-hybridized carbons (Fsp3) is 0.467. The lowest BCUT2D eigenvalue weighted by Crippen LogP contribution is -2.49. The normalized spacial score (nSPS) is 15.3. The lowest BCUT2D eigenvalue weighted by atomic mass is 10.2. The second kappa shape index (κ2) is 7.93. The van der Waals surface area contributed by atoms with E-state index in [0.29, 0.717) is 37.2 Å². The van der Waals surface area contributed by atoms with E-state index >= 15 is 0 Å². The van der Waals surface area contributed by atoms with Crippen LogP contribution in [0.5, 0.6) is 0 Å². The predicted molar refractivity (Wildman–Crippen MR) is 94.8 cm³/mol. The molecule has 2 aromatic rings. The van der Waals surface area contributed by atoms with E-state index in [2.05, 4.69) is 15.2 Å². The SMILES string of the molecule is Cn1cnnc1SCC(=O)N1CCN(c2ncc(C(F)(F)F)cc2Cl)CC1. The number of hydrogen-bond acceptors (Lipinski definition) is 6. The zero-order valence-electron chi connectivity index (χ0n) is 14.3. The van der Waals surface area contributed by atoms with Crippen molar-refractivity contribution in [2.24, 2.45) is 7.05 Å². The standard InChI is InChI=1S/C15H16ClF3N6OS/c1-23-9-21-22-14(23)27-8-12(26)24-2-4-25(5-3-24)13-11(16)6-10(7-20-13)15(17,18)19/h6-7,9H,2-5,8H2,1H3. The van der Waals surface area contributed by atoms with Crippen LogP contribution in [0.4, 0.5) is 19.0 Å². The van der Waals surface area contributed by atoms with Crippen molar-refractivity contribution < 1.29 is 18.0 Å². The number of carbonyl (C=O) groups excluding carboxylic acids is 1. The van der Waals surface area contributed by atoms with Crippen molar-refractivity contribution in [1.82, 2.24) is 24.6 Å². The average Bonchev–Trinajstić information content (AvgIpc) is 3.04. The molecule has 0 atom stereocenters. The number of pyridine rings is 1. The lowest BCUT2D eigenvalue weighted by molar-refractivity contribution is -0.137. The maximum absolute atomic E-state index is 12.7. The van der Waals surface area contributed by atoms with Gasteiger partial charge in [0.2, 0.25) is 5.91 Å². The van der Waals surface area contributed by atoms with Gasteiger partial charge in [0.15, 0.2) is 5.16 Å². The van der Waals surface area contributed by atoms with E-state index in [9.17, 15) is 18.0 Å². The summed E-state index contributed by atoms with van der Waals surface area (Å²) in [5, 5.41) is 8.27. The smallest absolute Gasteiger partial charge is 0.352 e. The largest absolute Gasteiger partial charge is 0.417 e. The third-order valence-corrected chi connectivity index (χ3v) is 5.37. The highest BCUT2D eigenvalue weighted by atomic mass is 35.5. The van der Waals surface area contributed by atoms with Gasteiger partial charge >= 0.3 is 6.18 Å². The van der Waals surface area contributed by atoms with E-state index in [4.69, 9.17) is 11.6 Å². The number of carbonyl (C=O) groups is 1. The third-order valence-electron chi connectivity index (χ3n) is 4.08. The van der Waals surface area contributed by atoms with E-state index in [-0.39, 0.29) is 16.7 Å². The summed E-state index contributed by atoms with van der Waals surface area (Å²) < 4.78 is 39.9. The summed E-state index contributed by atoms with van der Waals surface area (Å²) in [7, 11) is 1.80. The van der Waals surface area contributed by atoms with Gasteiger partial charge < -0.3 is 14.4 Å². The summed E-state index contributed by atoms with van der Waals surface area (Å²) >= 11 is 7.29. The Balaban J connectivity index is 1.55. The highest BCUT2D eigenvalue weighted by Crippen LogP contribution is 2.33. The van der Waals surface area contributed by atoms with Crippen LogP contribution in [0.25, 0.3) is 0 Å². The van der Waals surface area contributed by atoms with Crippen molar-refractivity contribution in [3.63, 3.8) is 0 Å². The summed E-state index contributed by atoms with van der Waals surface area (Å²) in [6, 6.07) is 0.874. The Labute approximate surface area is 162 Å². The topological polar surface area (TPSA) is 67.2 Å². The molecule has 0 saturated carbocycles. The van der Waals surface area contributed by atoms with Crippen LogP contribution in [0.3, 0.4) is 0 Å². The Morgan fingerprint density at radius 2 is 2.00 bits per heavy atom. The first-order valence-corrected chi connectivity index (χ1v) is 9.34. The highest BCUT2D eigenvalue weighted by Gasteiger charge is 2.32.